The summed E-state index contributed by atoms with van der Waals surface area (Å²) in [5.41, 5.74) is 7.04. The number of hydrogen-bond acceptors (Lipinski definition) is 6. The van der Waals surface area contributed by atoms with Crippen molar-refractivity contribution in [3.8, 4) is 22.6 Å². The van der Waals surface area contributed by atoms with E-state index in [0.717, 1.165) is 88.4 Å². The van der Waals surface area contributed by atoms with Crippen LogP contribution >= 0.6 is 0 Å². The van der Waals surface area contributed by atoms with Gasteiger partial charge in [-0.3, -0.25) is 9.97 Å². The van der Waals surface area contributed by atoms with Crippen molar-refractivity contribution in [2.75, 3.05) is 0 Å². The molecule has 0 saturated heterocycles. The Morgan fingerprint density at radius 2 is 0.825 bits per heavy atom. The molecule has 0 bridgehead atoms. The minimum atomic E-state index is 0.731. The summed E-state index contributed by atoms with van der Waals surface area (Å²) >= 11 is 0. The summed E-state index contributed by atoms with van der Waals surface area (Å²) in [7, 11) is 0. The van der Waals surface area contributed by atoms with Crippen LogP contribution in [0.2, 0.25) is 0 Å². The van der Waals surface area contributed by atoms with Crippen molar-refractivity contribution < 1.29 is 18.0 Å². The first kappa shape index (κ1) is 21.3. The van der Waals surface area contributed by atoms with Gasteiger partial charge in [0.15, 0.2) is 11.2 Å². The summed E-state index contributed by atoms with van der Waals surface area (Å²) in [5, 5.41) is 6.16. The van der Waals surface area contributed by atoms with Crippen LogP contribution in [0.3, 0.4) is 0 Å². The first-order valence-corrected chi connectivity index (χ1v) is 12.9. The van der Waals surface area contributed by atoms with Gasteiger partial charge >= 0.3 is 0 Å². The summed E-state index contributed by atoms with van der Waals surface area (Å²) in [6.07, 6.45) is 7.05. The smallest absolute Gasteiger partial charge is 0.153 e. The Bertz CT molecular complexity index is 2430. The molecule has 0 spiro atoms. The van der Waals surface area contributed by atoms with Gasteiger partial charge < -0.3 is 18.0 Å². The number of aromatic nitrogens is 2. The number of fused-ring (bicyclic) bond motifs is 9. The molecule has 5 heterocycles. The third-order valence-electron chi connectivity index (χ3n) is 7.53. The number of ether oxygens (including phenoxy) is 1. The fraction of sp³-hybridized carbons (Fsp3) is 0. The van der Waals surface area contributed by atoms with Crippen LogP contribution in [0.4, 0.5) is 0 Å². The number of furan rings is 3. The van der Waals surface area contributed by atoms with Gasteiger partial charge in [0.1, 0.15) is 33.8 Å². The summed E-state index contributed by atoms with van der Waals surface area (Å²) in [5.74, 6) is 1.46. The van der Waals surface area contributed by atoms with E-state index in [0.29, 0.717) is 0 Å². The molecule has 0 aliphatic carbocycles. The van der Waals surface area contributed by atoms with Crippen LogP contribution in [0.15, 0.2) is 123 Å². The Labute approximate surface area is 226 Å². The van der Waals surface area contributed by atoms with Crippen LogP contribution in [0, 0.1) is 0 Å². The van der Waals surface area contributed by atoms with Gasteiger partial charge in [-0.25, -0.2) is 0 Å². The third-order valence-corrected chi connectivity index (χ3v) is 7.53. The first-order chi connectivity index (χ1) is 19.8. The highest BCUT2D eigenvalue weighted by molar-refractivity contribution is 6.09. The molecule has 6 heteroatoms. The topological polar surface area (TPSA) is 74.4 Å². The SMILES string of the molecule is c1cc2c(cn1)oc1ccc(Oc3ccc4oc5ccc(-c6ccc7oc8cnccc8c7c6)cc5c4c3)cc12. The highest BCUT2D eigenvalue weighted by Crippen LogP contribution is 2.38. The number of hydrogen-bond donors (Lipinski definition) is 0. The summed E-state index contributed by atoms with van der Waals surface area (Å²) in [6.45, 7) is 0. The normalized spacial score (nSPS) is 12.0. The quantitative estimate of drug-likeness (QED) is 0.232. The average molecular weight is 519 g/mol. The van der Waals surface area contributed by atoms with Gasteiger partial charge in [0.2, 0.25) is 0 Å². The largest absolute Gasteiger partial charge is 0.457 e. The molecular formula is C34H18N2O4. The summed E-state index contributed by atoms with van der Waals surface area (Å²) in [4.78, 5) is 8.34. The Morgan fingerprint density at radius 1 is 0.400 bits per heavy atom. The number of nitrogens with zero attached hydrogens (tertiary/aromatic N) is 2. The molecule has 188 valence electrons. The maximum Gasteiger partial charge on any atom is 0.153 e. The van der Waals surface area contributed by atoms with Gasteiger partial charge in [-0.1, -0.05) is 12.1 Å². The van der Waals surface area contributed by atoms with Crippen molar-refractivity contribution >= 4 is 65.8 Å². The molecule has 9 rings (SSSR count). The molecule has 0 unspecified atom stereocenters. The van der Waals surface area contributed by atoms with Crippen LogP contribution < -0.4 is 4.74 Å². The average Bonchev–Trinajstić information content (AvgIpc) is 3.67. The molecule has 9 aromatic rings. The minimum Gasteiger partial charge on any atom is -0.457 e. The maximum atomic E-state index is 6.31. The van der Waals surface area contributed by atoms with Crippen molar-refractivity contribution in [1.82, 2.24) is 9.97 Å². The van der Waals surface area contributed by atoms with Gasteiger partial charge in [-0.15, -0.1) is 0 Å². The lowest BCUT2D eigenvalue weighted by Gasteiger charge is -2.06. The first-order valence-electron chi connectivity index (χ1n) is 12.9. The van der Waals surface area contributed by atoms with E-state index < -0.39 is 0 Å². The molecule has 0 N–H and O–H groups in total. The molecule has 0 fully saturated rings. The highest BCUT2D eigenvalue weighted by Gasteiger charge is 2.13. The molecule has 0 atom stereocenters. The zero-order valence-corrected chi connectivity index (χ0v) is 20.9. The lowest BCUT2D eigenvalue weighted by Crippen LogP contribution is -1.84. The lowest BCUT2D eigenvalue weighted by molar-refractivity contribution is 0.483. The van der Waals surface area contributed by atoms with Crippen LogP contribution in [-0.4, -0.2) is 9.97 Å². The van der Waals surface area contributed by atoms with Crippen LogP contribution in [0.25, 0.3) is 76.9 Å². The van der Waals surface area contributed by atoms with Gasteiger partial charge in [-0.05, 0) is 83.9 Å². The second-order valence-corrected chi connectivity index (χ2v) is 9.89. The monoisotopic (exact) mass is 518 g/mol. The van der Waals surface area contributed by atoms with E-state index in [9.17, 15) is 0 Å². The van der Waals surface area contributed by atoms with Crippen LogP contribution in [0.5, 0.6) is 11.5 Å². The Kier molecular flexibility index (Phi) is 4.24. The second-order valence-electron chi connectivity index (χ2n) is 9.89. The van der Waals surface area contributed by atoms with Crippen molar-refractivity contribution in [2.45, 2.75) is 0 Å². The van der Waals surface area contributed by atoms with Gasteiger partial charge in [0.05, 0.1) is 12.4 Å². The molecule has 40 heavy (non-hydrogen) atoms. The molecule has 0 aliphatic rings. The minimum absolute atomic E-state index is 0.731. The van der Waals surface area contributed by atoms with E-state index in [4.69, 9.17) is 18.0 Å². The molecule has 0 saturated carbocycles. The van der Waals surface area contributed by atoms with Crippen molar-refractivity contribution in [3.05, 3.63) is 110 Å². The standard InChI is InChI=1S/C34H18N2O4/c1-5-29-25(23-9-11-35-17-33(23)39-29)13-19(1)20-2-6-30-26(14-20)28-16-22(4-8-32(28)38-30)37-21-3-7-31-27(15-21)24-10-12-36-18-34(24)40-31/h1-18H. The van der Waals surface area contributed by atoms with E-state index in [-0.39, 0.29) is 0 Å². The molecule has 6 nitrogen and oxygen atoms in total. The third kappa shape index (κ3) is 3.16. The lowest BCUT2D eigenvalue weighted by atomic mass is 10.0. The number of rotatable bonds is 3. The van der Waals surface area contributed by atoms with E-state index in [2.05, 4.69) is 34.2 Å². The zero-order chi connectivity index (χ0) is 26.2. The molecule has 0 aliphatic heterocycles. The highest BCUT2D eigenvalue weighted by atomic mass is 16.5. The predicted molar refractivity (Wildman–Crippen MR) is 156 cm³/mol. The second kappa shape index (κ2) is 7.94. The van der Waals surface area contributed by atoms with Gasteiger partial charge in [0.25, 0.3) is 0 Å². The van der Waals surface area contributed by atoms with E-state index in [1.165, 1.54) is 0 Å². The van der Waals surface area contributed by atoms with E-state index >= 15 is 0 Å². The van der Waals surface area contributed by atoms with Crippen molar-refractivity contribution in [1.29, 1.82) is 0 Å². The predicted octanol–water partition coefficient (Wildman–Crippen LogP) is 9.63. The van der Waals surface area contributed by atoms with Gasteiger partial charge in [0, 0.05) is 44.7 Å². The van der Waals surface area contributed by atoms with Crippen LogP contribution in [0.1, 0.15) is 0 Å². The molecule has 0 amide bonds. The summed E-state index contributed by atoms with van der Waals surface area (Å²) < 4.78 is 24.3. The Balaban J connectivity index is 1.13. The fourth-order valence-electron chi connectivity index (χ4n) is 5.62. The number of benzene rings is 4. The van der Waals surface area contributed by atoms with Crippen LogP contribution in [-0.2, 0) is 0 Å². The Hall–Kier alpha value is -5.62. The van der Waals surface area contributed by atoms with Gasteiger partial charge in [-0.2, -0.15) is 0 Å². The van der Waals surface area contributed by atoms with E-state index in [1.54, 1.807) is 24.8 Å². The van der Waals surface area contributed by atoms with E-state index in [1.807, 2.05) is 60.7 Å². The molecule has 0 radical (unpaired) electrons. The zero-order valence-electron chi connectivity index (χ0n) is 20.9. The number of pyridine rings is 2. The molecular weight excluding hydrogens is 500 g/mol. The molecule has 5 aromatic heterocycles. The Morgan fingerprint density at radius 3 is 1.38 bits per heavy atom. The summed E-state index contributed by atoms with van der Waals surface area (Å²) in [6, 6.07) is 28.3. The van der Waals surface area contributed by atoms with Crippen molar-refractivity contribution in [3.63, 3.8) is 0 Å². The molecule has 4 aromatic carbocycles. The fourth-order valence-corrected chi connectivity index (χ4v) is 5.62. The van der Waals surface area contributed by atoms with Crippen molar-refractivity contribution in [2.24, 2.45) is 0 Å². The maximum absolute atomic E-state index is 6.31.